The number of rotatable bonds is 3. The van der Waals surface area contributed by atoms with Crippen LogP contribution >= 0.6 is 0 Å². The SMILES string of the molecule is CC(=O)N(c1ccnc(OC(F)(F)F)c1)c1cc(N)ccn1. The topological polar surface area (TPSA) is 81.3 Å². The highest BCUT2D eigenvalue weighted by molar-refractivity contribution is 5.98. The number of amides is 1. The van der Waals surface area contributed by atoms with E-state index >= 15 is 0 Å². The molecule has 0 aliphatic carbocycles. The van der Waals surface area contributed by atoms with Crippen molar-refractivity contribution < 1.29 is 22.7 Å². The van der Waals surface area contributed by atoms with Crippen LogP contribution in [0.3, 0.4) is 0 Å². The molecule has 0 spiro atoms. The highest BCUT2D eigenvalue weighted by atomic mass is 19.4. The third kappa shape index (κ3) is 3.84. The molecule has 0 aliphatic rings. The van der Waals surface area contributed by atoms with Gasteiger partial charge in [0.2, 0.25) is 11.8 Å². The lowest BCUT2D eigenvalue weighted by Crippen LogP contribution is -2.24. The summed E-state index contributed by atoms with van der Waals surface area (Å²) in [6.07, 6.45) is -2.39. The van der Waals surface area contributed by atoms with E-state index in [1.54, 1.807) is 0 Å². The number of ether oxygens (including phenoxy) is 1. The number of nitrogen functional groups attached to an aromatic ring is 1. The van der Waals surface area contributed by atoms with Crippen molar-refractivity contribution in [2.45, 2.75) is 13.3 Å². The second-order valence-corrected chi connectivity index (χ2v) is 4.20. The van der Waals surface area contributed by atoms with Gasteiger partial charge in [-0.05, 0) is 12.1 Å². The average Bonchev–Trinajstić information content (AvgIpc) is 2.36. The average molecular weight is 312 g/mol. The van der Waals surface area contributed by atoms with Crippen LogP contribution < -0.4 is 15.4 Å². The summed E-state index contributed by atoms with van der Waals surface area (Å²) in [5.74, 6) is -0.959. The molecule has 2 aromatic heterocycles. The molecule has 0 aromatic carbocycles. The molecule has 0 atom stereocenters. The van der Waals surface area contributed by atoms with E-state index in [2.05, 4.69) is 14.7 Å². The normalized spacial score (nSPS) is 11.1. The monoisotopic (exact) mass is 312 g/mol. The van der Waals surface area contributed by atoms with E-state index in [1.807, 2.05) is 0 Å². The van der Waals surface area contributed by atoms with Gasteiger partial charge in [-0.2, -0.15) is 0 Å². The van der Waals surface area contributed by atoms with Gasteiger partial charge in [-0.15, -0.1) is 13.2 Å². The summed E-state index contributed by atoms with van der Waals surface area (Å²) in [7, 11) is 0. The van der Waals surface area contributed by atoms with E-state index < -0.39 is 18.1 Å². The lowest BCUT2D eigenvalue weighted by Gasteiger charge is -2.20. The Hall–Kier alpha value is -2.84. The van der Waals surface area contributed by atoms with Crippen molar-refractivity contribution in [1.29, 1.82) is 0 Å². The van der Waals surface area contributed by atoms with Crippen molar-refractivity contribution in [3.63, 3.8) is 0 Å². The van der Waals surface area contributed by atoms with Gasteiger partial charge in [0.25, 0.3) is 0 Å². The number of carbonyl (C=O) groups is 1. The van der Waals surface area contributed by atoms with Crippen molar-refractivity contribution in [2.75, 3.05) is 10.6 Å². The summed E-state index contributed by atoms with van der Waals surface area (Å²) < 4.78 is 40.4. The predicted octanol–water partition coefficient (Wildman–Crippen LogP) is 2.64. The Labute approximate surface area is 123 Å². The zero-order valence-electron chi connectivity index (χ0n) is 11.3. The van der Waals surface area contributed by atoms with Gasteiger partial charge >= 0.3 is 6.36 Å². The third-order valence-electron chi connectivity index (χ3n) is 2.51. The molecule has 2 rings (SSSR count). The van der Waals surface area contributed by atoms with Crippen molar-refractivity contribution in [1.82, 2.24) is 9.97 Å². The van der Waals surface area contributed by atoms with E-state index in [-0.39, 0.29) is 11.5 Å². The maximum atomic E-state index is 12.2. The minimum absolute atomic E-state index is 0.125. The zero-order valence-corrected chi connectivity index (χ0v) is 11.3. The number of hydrogen-bond donors (Lipinski definition) is 1. The van der Waals surface area contributed by atoms with Crippen molar-refractivity contribution in [2.24, 2.45) is 0 Å². The van der Waals surface area contributed by atoms with E-state index in [0.29, 0.717) is 5.69 Å². The molecule has 1 amide bonds. The predicted molar refractivity (Wildman–Crippen MR) is 72.4 cm³/mol. The molecule has 0 radical (unpaired) electrons. The minimum Gasteiger partial charge on any atom is -0.399 e. The lowest BCUT2D eigenvalue weighted by molar-refractivity contribution is -0.276. The fourth-order valence-electron chi connectivity index (χ4n) is 1.74. The van der Waals surface area contributed by atoms with Gasteiger partial charge in [0, 0.05) is 37.1 Å². The van der Waals surface area contributed by atoms with Crippen LogP contribution in [0.25, 0.3) is 0 Å². The number of carbonyl (C=O) groups excluding carboxylic acids is 1. The first-order valence-electron chi connectivity index (χ1n) is 6.00. The molecule has 0 fully saturated rings. The molecule has 0 saturated heterocycles. The Morgan fingerprint density at radius 2 is 1.91 bits per heavy atom. The van der Waals surface area contributed by atoms with Crippen LogP contribution in [0.4, 0.5) is 30.4 Å². The molecule has 22 heavy (non-hydrogen) atoms. The molecule has 116 valence electrons. The van der Waals surface area contributed by atoms with Crippen LogP contribution in [0.5, 0.6) is 5.88 Å². The van der Waals surface area contributed by atoms with Gasteiger partial charge in [0.15, 0.2) is 0 Å². The number of anilines is 3. The van der Waals surface area contributed by atoms with Crippen LogP contribution in [-0.4, -0.2) is 22.2 Å². The molecule has 0 aliphatic heterocycles. The summed E-state index contributed by atoms with van der Waals surface area (Å²) in [5, 5.41) is 0. The van der Waals surface area contributed by atoms with E-state index in [4.69, 9.17) is 5.73 Å². The molecule has 6 nitrogen and oxygen atoms in total. The molecule has 0 unspecified atom stereocenters. The first kappa shape index (κ1) is 15.5. The summed E-state index contributed by atoms with van der Waals surface area (Å²) in [4.78, 5) is 20.3. The molecule has 9 heteroatoms. The van der Waals surface area contributed by atoms with Gasteiger partial charge in [-0.1, -0.05) is 0 Å². The molecule has 2 aromatic rings. The van der Waals surface area contributed by atoms with E-state index in [9.17, 15) is 18.0 Å². The lowest BCUT2D eigenvalue weighted by atomic mass is 10.3. The van der Waals surface area contributed by atoms with Gasteiger partial charge in [0.1, 0.15) is 5.82 Å². The Bertz CT molecular complexity index is 691. The number of aromatic nitrogens is 2. The molecular weight excluding hydrogens is 301 g/mol. The first-order valence-corrected chi connectivity index (χ1v) is 6.00. The second-order valence-electron chi connectivity index (χ2n) is 4.20. The van der Waals surface area contributed by atoms with Crippen molar-refractivity contribution in [3.05, 3.63) is 36.7 Å². The summed E-state index contributed by atoms with van der Waals surface area (Å²) in [6.45, 7) is 1.25. The Kier molecular flexibility index (Phi) is 4.15. The van der Waals surface area contributed by atoms with Crippen LogP contribution in [0.15, 0.2) is 36.7 Å². The maximum absolute atomic E-state index is 12.2. The van der Waals surface area contributed by atoms with Gasteiger partial charge in [-0.25, -0.2) is 9.97 Å². The second kappa shape index (κ2) is 5.88. The highest BCUT2D eigenvalue weighted by Crippen LogP contribution is 2.29. The van der Waals surface area contributed by atoms with E-state index in [1.165, 1.54) is 31.3 Å². The standard InChI is InChI=1S/C13H11F3N4O2/c1-8(21)20(11-6-9(17)2-4-18-11)10-3-5-19-12(7-10)22-13(14,15)16/h2-7H,1H3,(H2,17,18). The molecule has 2 heterocycles. The fourth-order valence-corrected chi connectivity index (χ4v) is 1.74. The van der Waals surface area contributed by atoms with Gasteiger partial charge in [-0.3, -0.25) is 9.69 Å². The number of pyridine rings is 2. The zero-order chi connectivity index (χ0) is 16.3. The molecule has 0 bridgehead atoms. The number of nitrogens with zero attached hydrogens (tertiary/aromatic N) is 3. The Balaban J connectivity index is 2.42. The first-order chi connectivity index (χ1) is 10.3. The quantitative estimate of drug-likeness (QED) is 0.942. The van der Waals surface area contributed by atoms with Crippen molar-refractivity contribution >= 4 is 23.1 Å². The highest BCUT2D eigenvalue weighted by Gasteiger charge is 2.32. The van der Waals surface area contributed by atoms with Crippen LogP contribution in [0, 0.1) is 0 Å². The summed E-state index contributed by atoms with van der Waals surface area (Å²) in [6, 6.07) is 5.29. The van der Waals surface area contributed by atoms with Crippen LogP contribution in [-0.2, 0) is 4.79 Å². The summed E-state index contributed by atoms with van der Waals surface area (Å²) >= 11 is 0. The maximum Gasteiger partial charge on any atom is 0.574 e. The number of hydrogen-bond acceptors (Lipinski definition) is 5. The number of halogens is 3. The molecular formula is C13H11F3N4O2. The minimum atomic E-state index is -4.87. The van der Waals surface area contributed by atoms with Crippen LogP contribution in [0.1, 0.15) is 6.92 Å². The van der Waals surface area contributed by atoms with Gasteiger partial charge < -0.3 is 10.5 Å². The Morgan fingerprint density at radius 3 is 2.50 bits per heavy atom. The van der Waals surface area contributed by atoms with Crippen molar-refractivity contribution in [3.8, 4) is 5.88 Å². The number of alkyl halides is 3. The van der Waals surface area contributed by atoms with Gasteiger partial charge in [0.05, 0.1) is 5.69 Å². The fraction of sp³-hybridized carbons (Fsp3) is 0.154. The third-order valence-corrected chi connectivity index (χ3v) is 2.51. The Morgan fingerprint density at radius 1 is 1.23 bits per heavy atom. The smallest absolute Gasteiger partial charge is 0.399 e. The van der Waals surface area contributed by atoms with E-state index in [0.717, 1.165) is 17.2 Å². The largest absolute Gasteiger partial charge is 0.574 e. The summed E-state index contributed by atoms with van der Waals surface area (Å²) in [5.41, 5.74) is 6.11. The van der Waals surface area contributed by atoms with Crippen LogP contribution in [0.2, 0.25) is 0 Å². The molecule has 2 N–H and O–H groups in total. The number of nitrogens with two attached hydrogens (primary N) is 1. The molecule has 0 saturated carbocycles.